The number of nitrogens with one attached hydrogen (secondary N) is 1. The van der Waals surface area contributed by atoms with E-state index in [1.165, 1.54) is 0 Å². The molecule has 7 heteroatoms. The summed E-state index contributed by atoms with van der Waals surface area (Å²) in [6, 6.07) is 10.5. The fourth-order valence-corrected chi connectivity index (χ4v) is 4.24. The molecule has 1 heterocycles. The third-order valence-electron chi connectivity index (χ3n) is 4.70. The molecule has 3 rings (SSSR count). The summed E-state index contributed by atoms with van der Waals surface area (Å²) in [5.74, 6) is 2.07. The van der Waals surface area contributed by atoms with Crippen molar-refractivity contribution in [3.63, 3.8) is 0 Å². The summed E-state index contributed by atoms with van der Waals surface area (Å²) in [4.78, 5) is 0.221. The van der Waals surface area contributed by atoms with Crippen LogP contribution in [0.2, 0.25) is 0 Å². The molecule has 2 aromatic rings. The standard InChI is InChI=1S/C20H25NO5S/c1-14-11-16(6-8-17(14)24-4)27(22,23)21-13-20(2,3)15-5-7-18-19(12-15)26-10-9-25-18/h5-8,11-12,21H,9-10,13H2,1-4H3. The molecule has 1 aliphatic rings. The van der Waals surface area contributed by atoms with E-state index in [1.54, 1.807) is 25.3 Å². The topological polar surface area (TPSA) is 73.9 Å². The predicted molar refractivity (Wildman–Crippen MR) is 103 cm³/mol. The number of methoxy groups -OCH3 is 1. The van der Waals surface area contributed by atoms with E-state index in [0.29, 0.717) is 24.7 Å². The molecule has 1 aliphatic heterocycles. The van der Waals surface area contributed by atoms with Crippen molar-refractivity contribution in [2.24, 2.45) is 0 Å². The summed E-state index contributed by atoms with van der Waals surface area (Å²) in [7, 11) is -2.07. The van der Waals surface area contributed by atoms with Crippen molar-refractivity contribution in [2.45, 2.75) is 31.1 Å². The third kappa shape index (κ3) is 4.20. The van der Waals surface area contributed by atoms with Crippen molar-refractivity contribution >= 4 is 10.0 Å². The molecule has 1 N–H and O–H groups in total. The average Bonchev–Trinajstić information content (AvgIpc) is 2.66. The Hall–Kier alpha value is -2.25. The van der Waals surface area contributed by atoms with Gasteiger partial charge in [-0.15, -0.1) is 0 Å². The first-order chi connectivity index (χ1) is 12.7. The van der Waals surface area contributed by atoms with E-state index in [2.05, 4.69) is 4.72 Å². The zero-order valence-electron chi connectivity index (χ0n) is 16.0. The number of sulfonamides is 1. The van der Waals surface area contributed by atoms with Crippen LogP contribution in [-0.2, 0) is 15.4 Å². The Balaban J connectivity index is 1.77. The van der Waals surface area contributed by atoms with Gasteiger partial charge in [0.1, 0.15) is 19.0 Å². The van der Waals surface area contributed by atoms with Gasteiger partial charge in [0, 0.05) is 12.0 Å². The van der Waals surface area contributed by atoms with Crippen LogP contribution in [0.5, 0.6) is 17.2 Å². The molecule has 0 atom stereocenters. The Kier molecular flexibility index (Phi) is 5.35. The zero-order chi connectivity index (χ0) is 19.7. The van der Waals surface area contributed by atoms with Crippen LogP contribution in [0, 0.1) is 6.92 Å². The maximum Gasteiger partial charge on any atom is 0.240 e. The SMILES string of the molecule is COc1ccc(S(=O)(=O)NCC(C)(C)c2ccc3c(c2)OCCO3)cc1C. The van der Waals surface area contributed by atoms with Crippen molar-refractivity contribution < 1.29 is 22.6 Å². The molecule has 2 aromatic carbocycles. The molecule has 0 radical (unpaired) electrons. The Labute approximate surface area is 160 Å². The third-order valence-corrected chi connectivity index (χ3v) is 6.10. The summed E-state index contributed by atoms with van der Waals surface area (Å²) < 4.78 is 44.5. The summed E-state index contributed by atoms with van der Waals surface area (Å²) in [6.45, 7) is 7.09. The molecule has 0 fully saturated rings. The molecule has 0 amide bonds. The highest BCUT2D eigenvalue weighted by atomic mass is 32.2. The molecule has 6 nitrogen and oxygen atoms in total. The van der Waals surface area contributed by atoms with Crippen molar-refractivity contribution in [1.82, 2.24) is 4.72 Å². The van der Waals surface area contributed by atoms with E-state index in [4.69, 9.17) is 14.2 Å². The highest BCUT2D eigenvalue weighted by Gasteiger charge is 2.26. The van der Waals surface area contributed by atoms with Gasteiger partial charge >= 0.3 is 0 Å². The minimum Gasteiger partial charge on any atom is -0.496 e. The van der Waals surface area contributed by atoms with Gasteiger partial charge in [-0.1, -0.05) is 19.9 Å². The van der Waals surface area contributed by atoms with Gasteiger partial charge < -0.3 is 14.2 Å². The second-order valence-corrected chi connectivity index (χ2v) is 8.97. The lowest BCUT2D eigenvalue weighted by molar-refractivity contribution is 0.171. The van der Waals surface area contributed by atoms with Crippen LogP contribution in [0.4, 0.5) is 0 Å². The fraction of sp³-hybridized carbons (Fsp3) is 0.400. The van der Waals surface area contributed by atoms with Gasteiger partial charge in [-0.2, -0.15) is 0 Å². The number of hydrogen-bond acceptors (Lipinski definition) is 5. The molecule has 0 spiro atoms. The van der Waals surface area contributed by atoms with Crippen LogP contribution in [0.15, 0.2) is 41.3 Å². The zero-order valence-corrected chi connectivity index (χ0v) is 16.9. The van der Waals surface area contributed by atoms with Crippen LogP contribution in [-0.4, -0.2) is 35.3 Å². The summed E-state index contributed by atoms with van der Waals surface area (Å²) in [5, 5.41) is 0. The van der Waals surface area contributed by atoms with E-state index < -0.39 is 15.4 Å². The number of rotatable bonds is 6. The molecular weight excluding hydrogens is 366 g/mol. The molecular formula is C20H25NO5S. The second-order valence-electron chi connectivity index (χ2n) is 7.20. The minimum atomic E-state index is -3.63. The predicted octanol–water partition coefficient (Wildman–Crippen LogP) is 3.03. The van der Waals surface area contributed by atoms with E-state index in [9.17, 15) is 8.42 Å². The number of benzene rings is 2. The molecule has 0 unspecified atom stereocenters. The maximum atomic E-state index is 12.7. The van der Waals surface area contributed by atoms with Crippen LogP contribution in [0.1, 0.15) is 25.0 Å². The van der Waals surface area contributed by atoms with Gasteiger partial charge in [0.15, 0.2) is 11.5 Å². The lowest BCUT2D eigenvalue weighted by Crippen LogP contribution is -2.36. The highest BCUT2D eigenvalue weighted by Crippen LogP contribution is 2.35. The smallest absolute Gasteiger partial charge is 0.240 e. The van der Waals surface area contributed by atoms with E-state index >= 15 is 0 Å². The van der Waals surface area contributed by atoms with E-state index in [0.717, 1.165) is 16.9 Å². The average molecular weight is 391 g/mol. The van der Waals surface area contributed by atoms with Gasteiger partial charge in [-0.05, 0) is 48.4 Å². The van der Waals surface area contributed by atoms with E-state index in [-0.39, 0.29) is 11.4 Å². The first kappa shape index (κ1) is 19.5. The number of fused-ring (bicyclic) bond motifs is 1. The summed E-state index contributed by atoms with van der Waals surface area (Å²) >= 11 is 0. The van der Waals surface area contributed by atoms with Crippen LogP contribution in [0.3, 0.4) is 0 Å². The largest absolute Gasteiger partial charge is 0.496 e. The lowest BCUT2D eigenvalue weighted by atomic mass is 9.84. The molecule has 146 valence electrons. The fourth-order valence-electron chi connectivity index (χ4n) is 2.94. The van der Waals surface area contributed by atoms with Gasteiger partial charge in [0.2, 0.25) is 10.0 Å². The van der Waals surface area contributed by atoms with Crippen LogP contribution >= 0.6 is 0 Å². The Bertz CT molecular complexity index is 937. The quantitative estimate of drug-likeness (QED) is 0.819. The van der Waals surface area contributed by atoms with Gasteiger partial charge in [-0.25, -0.2) is 13.1 Å². The highest BCUT2D eigenvalue weighted by molar-refractivity contribution is 7.89. The first-order valence-electron chi connectivity index (χ1n) is 8.77. The number of ether oxygens (including phenoxy) is 3. The lowest BCUT2D eigenvalue weighted by Gasteiger charge is -2.27. The number of hydrogen-bond donors (Lipinski definition) is 1. The molecule has 0 aliphatic carbocycles. The van der Waals surface area contributed by atoms with E-state index in [1.807, 2.05) is 39.0 Å². The minimum absolute atomic E-state index is 0.221. The van der Waals surface area contributed by atoms with Gasteiger partial charge in [-0.3, -0.25) is 0 Å². The Morgan fingerprint density at radius 1 is 1.07 bits per heavy atom. The first-order valence-corrected chi connectivity index (χ1v) is 10.3. The van der Waals surface area contributed by atoms with Crippen LogP contribution in [0.25, 0.3) is 0 Å². The molecule has 0 saturated carbocycles. The molecule has 0 saturated heterocycles. The number of aryl methyl sites for hydroxylation is 1. The van der Waals surface area contributed by atoms with Crippen molar-refractivity contribution in [2.75, 3.05) is 26.9 Å². The normalized spacial score (nSPS) is 14.1. The van der Waals surface area contributed by atoms with Crippen molar-refractivity contribution in [1.29, 1.82) is 0 Å². The Morgan fingerprint density at radius 3 is 2.44 bits per heavy atom. The Morgan fingerprint density at radius 2 is 1.78 bits per heavy atom. The van der Waals surface area contributed by atoms with Gasteiger partial charge in [0.05, 0.1) is 12.0 Å². The molecule has 0 bridgehead atoms. The van der Waals surface area contributed by atoms with Crippen molar-refractivity contribution in [3.05, 3.63) is 47.5 Å². The van der Waals surface area contributed by atoms with Crippen LogP contribution < -0.4 is 18.9 Å². The molecule has 0 aromatic heterocycles. The maximum absolute atomic E-state index is 12.7. The monoisotopic (exact) mass is 391 g/mol. The van der Waals surface area contributed by atoms with Crippen molar-refractivity contribution in [3.8, 4) is 17.2 Å². The second kappa shape index (κ2) is 7.40. The van der Waals surface area contributed by atoms with Gasteiger partial charge in [0.25, 0.3) is 0 Å². The summed E-state index contributed by atoms with van der Waals surface area (Å²) in [5.41, 5.74) is 1.32. The summed E-state index contributed by atoms with van der Waals surface area (Å²) in [6.07, 6.45) is 0. The molecule has 27 heavy (non-hydrogen) atoms.